The molecule has 0 saturated heterocycles. The number of benzene rings is 2. The first-order chi connectivity index (χ1) is 14.1. The molecule has 2 aromatic heterocycles. The van der Waals surface area contributed by atoms with E-state index in [1.54, 1.807) is 23.0 Å². The van der Waals surface area contributed by atoms with Crippen molar-refractivity contribution < 1.29 is 9.18 Å². The zero-order valence-electron chi connectivity index (χ0n) is 15.4. The van der Waals surface area contributed by atoms with E-state index in [0.717, 1.165) is 21.3 Å². The number of halogens is 1. The van der Waals surface area contributed by atoms with Gasteiger partial charge in [0.1, 0.15) is 5.82 Å². The maximum absolute atomic E-state index is 13.0. The number of amides is 1. The van der Waals surface area contributed by atoms with Crippen LogP contribution in [0, 0.1) is 12.7 Å². The number of para-hydroxylation sites is 1. The lowest BCUT2D eigenvalue weighted by Gasteiger charge is -2.05. The fourth-order valence-corrected chi connectivity index (χ4v) is 4.37. The molecule has 2 aromatic carbocycles. The number of thioether (sulfide) groups is 1. The molecular weight excluding hydrogens is 409 g/mol. The van der Waals surface area contributed by atoms with E-state index in [-0.39, 0.29) is 11.7 Å². The van der Waals surface area contributed by atoms with E-state index in [9.17, 15) is 9.18 Å². The third-order valence-electron chi connectivity index (χ3n) is 4.16. The van der Waals surface area contributed by atoms with Gasteiger partial charge in [-0.1, -0.05) is 53.4 Å². The summed E-state index contributed by atoms with van der Waals surface area (Å²) in [6, 6.07) is 16.0. The zero-order chi connectivity index (χ0) is 20.2. The Kier molecular flexibility index (Phi) is 5.68. The first-order valence-electron chi connectivity index (χ1n) is 8.72. The third-order valence-corrected chi connectivity index (χ3v) is 6.20. The normalized spacial score (nSPS) is 10.8. The molecule has 0 bridgehead atoms. The van der Waals surface area contributed by atoms with Crippen LogP contribution >= 0.6 is 23.1 Å². The smallest absolute Gasteiger partial charge is 0.260 e. The second-order valence-electron chi connectivity index (χ2n) is 6.13. The van der Waals surface area contributed by atoms with Crippen LogP contribution in [-0.4, -0.2) is 25.9 Å². The van der Waals surface area contributed by atoms with Gasteiger partial charge in [-0.3, -0.25) is 10.1 Å². The minimum Gasteiger partial charge on any atom is -0.296 e. The number of hydrogen-bond acceptors (Lipinski definition) is 6. The van der Waals surface area contributed by atoms with Crippen LogP contribution in [0.3, 0.4) is 0 Å². The lowest BCUT2D eigenvalue weighted by molar-refractivity contribution is 0.102. The molecule has 0 aliphatic carbocycles. The Hall–Kier alpha value is -3.04. The molecule has 9 heteroatoms. The third kappa shape index (κ3) is 4.52. The number of carbonyl (C=O) groups excluding carboxylic acids is 1. The molecule has 6 nitrogen and oxygen atoms in total. The Bertz CT molecular complexity index is 1130. The lowest BCUT2D eigenvalue weighted by Crippen LogP contribution is -2.13. The molecule has 0 saturated carbocycles. The van der Waals surface area contributed by atoms with Crippen LogP contribution in [0.2, 0.25) is 0 Å². The highest BCUT2D eigenvalue weighted by Crippen LogP contribution is 2.28. The van der Waals surface area contributed by atoms with Gasteiger partial charge < -0.3 is 0 Å². The maximum Gasteiger partial charge on any atom is 0.260 e. The molecule has 0 unspecified atom stereocenters. The van der Waals surface area contributed by atoms with Crippen molar-refractivity contribution in [2.75, 3.05) is 5.32 Å². The van der Waals surface area contributed by atoms with Gasteiger partial charge in [0.05, 0.1) is 23.1 Å². The summed E-state index contributed by atoms with van der Waals surface area (Å²) in [4.78, 5) is 12.6. The van der Waals surface area contributed by atoms with Crippen molar-refractivity contribution in [3.63, 3.8) is 0 Å². The number of rotatable bonds is 6. The Morgan fingerprint density at radius 2 is 1.90 bits per heavy atom. The van der Waals surface area contributed by atoms with E-state index < -0.39 is 0 Å². The van der Waals surface area contributed by atoms with Gasteiger partial charge in [-0.2, -0.15) is 5.10 Å². The maximum atomic E-state index is 13.0. The van der Waals surface area contributed by atoms with Crippen molar-refractivity contribution >= 4 is 34.1 Å². The van der Waals surface area contributed by atoms with E-state index in [2.05, 4.69) is 20.6 Å². The Labute approximate surface area is 174 Å². The summed E-state index contributed by atoms with van der Waals surface area (Å²) in [6.07, 6.45) is 1.54. The molecule has 29 heavy (non-hydrogen) atoms. The van der Waals surface area contributed by atoms with Crippen LogP contribution < -0.4 is 5.32 Å². The zero-order valence-corrected chi connectivity index (χ0v) is 17.0. The summed E-state index contributed by atoms with van der Waals surface area (Å²) in [6.45, 7) is 1.85. The highest BCUT2D eigenvalue weighted by molar-refractivity contribution is 8.00. The van der Waals surface area contributed by atoms with Gasteiger partial charge in [-0.25, -0.2) is 9.07 Å². The SMILES string of the molecule is Cc1c(C(=O)Nc2nnc(SCc3ccc(F)cc3)s2)cnn1-c1ccccc1. The summed E-state index contributed by atoms with van der Waals surface area (Å²) >= 11 is 2.78. The molecule has 1 N–H and O–H groups in total. The Morgan fingerprint density at radius 1 is 1.14 bits per heavy atom. The van der Waals surface area contributed by atoms with Crippen LogP contribution in [0.1, 0.15) is 21.6 Å². The van der Waals surface area contributed by atoms with Gasteiger partial charge in [0.25, 0.3) is 5.91 Å². The number of hydrogen-bond donors (Lipinski definition) is 1. The predicted molar refractivity (Wildman–Crippen MR) is 112 cm³/mol. The standard InChI is InChI=1S/C20H16FN5OS2/c1-13-17(11-22-26(13)16-5-3-2-4-6-16)18(27)23-19-24-25-20(29-19)28-12-14-7-9-15(21)10-8-14/h2-11H,12H2,1H3,(H,23,24,27). The van der Waals surface area contributed by atoms with Gasteiger partial charge in [-0.05, 0) is 36.8 Å². The van der Waals surface area contributed by atoms with Gasteiger partial charge in [0, 0.05) is 5.75 Å². The molecule has 0 spiro atoms. The predicted octanol–water partition coefficient (Wildman–Crippen LogP) is 4.72. The van der Waals surface area contributed by atoms with Crippen LogP contribution in [0.5, 0.6) is 0 Å². The molecule has 0 aliphatic heterocycles. The van der Waals surface area contributed by atoms with Crippen molar-refractivity contribution in [1.82, 2.24) is 20.0 Å². The topological polar surface area (TPSA) is 72.7 Å². The number of carbonyl (C=O) groups is 1. The molecular formula is C20H16FN5OS2. The van der Waals surface area contributed by atoms with Crippen molar-refractivity contribution in [3.05, 3.63) is 83.4 Å². The van der Waals surface area contributed by atoms with E-state index in [1.165, 1.54) is 35.2 Å². The van der Waals surface area contributed by atoms with Crippen molar-refractivity contribution in [3.8, 4) is 5.69 Å². The largest absolute Gasteiger partial charge is 0.296 e. The minimum absolute atomic E-state index is 0.259. The van der Waals surface area contributed by atoms with Gasteiger partial charge in [0.15, 0.2) is 4.34 Å². The average molecular weight is 426 g/mol. The van der Waals surface area contributed by atoms with E-state index in [0.29, 0.717) is 16.4 Å². The van der Waals surface area contributed by atoms with Crippen LogP contribution in [-0.2, 0) is 5.75 Å². The van der Waals surface area contributed by atoms with Gasteiger partial charge in [-0.15, -0.1) is 10.2 Å². The highest BCUT2D eigenvalue weighted by atomic mass is 32.2. The Morgan fingerprint density at radius 3 is 2.66 bits per heavy atom. The molecule has 0 atom stereocenters. The van der Waals surface area contributed by atoms with Crippen LogP contribution in [0.25, 0.3) is 5.69 Å². The number of anilines is 1. The molecule has 4 aromatic rings. The summed E-state index contributed by atoms with van der Waals surface area (Å²) in [7, 11) is 0. The van der Waals surface area contributed by atoms with E-state index in [4.69, 9.17) is 0 Å². The lowest BCUT2D eigenvalue weighted by atomic mass is 10.2. The van der Waals surface area contributed by atoms with Crippen molar-refractivity contribution in [2.24, 2.45) is 0 Å². The highest BCUT2D eigenvalue weighted by Gasteiger charge is 2.17. The summed E-state index contributed by atoms with van der Waals surface area (Å²) in [5.74, 6) is 0.104. The number of nitrogens with one attached hydrogen (secondary N) is 1. The first-order valence-corrected chi connectivity index (χ1v) is 10.5. The molecule has 2 heterocycles. The van der Waals surface area contributed by atoms with E-state index >= 15 is 0 Å². The second-order valence-corrected chi connectivity index (χ2v) is 8.33. The molecule has 146 valence electrons. The monoisotopic (exact) mass is 425 g/mol. The molecule has 0 fully saturated rings. The Balaban J connectivity index is 1.40. The van der Waals surface area contributed by atoms with Crippen LogP contribution in [0.4, 0.5) is 9.52 Å². The minimum atomic E-state index is -0.282. The average Bonchev–Trinajstić information content (AvgIpc) is 3.34. The van der Waals surface area contributed by atoms with Crippen molar-refractivity contribution in [2.45, 2.75) is 17.0 Å². The summed E-state index contributed by atoms with van der Waals surface area (Å²) in [5, 5.41) is 15.6. The molecule has 0 radical (unpaired) electrons. The van der Waals surface area contributed by atoms with Gasteiger partial charge >= 0.3 is 0 Å². The molecule has 1 amide bonds. The number of aromatic nitrogens is 4. The second kappa shape index (κ2) is 8.54. The first kappa shape index (κ1) is 19.3. The fourth-order valence-electron chi connectivity index (χ4n) is 2.67. The number of nitrogens with zero attached hydrogens (tertiary/aromatic N) is 4. The van der Waals surface area contributed by atoms with Gasteiger partial charge in [0.2, 0.25) is 5.13 Å². The van der Waals surface area contributed by atoms with Crippen molar-refractivity contribution in [1.29, 1.82) is 0 Å². The summed E-state index contributed by atoms with van der Waals surface area (Å²) < 4.78 is 15.4. The molecule has 4 rings (SSSR count). The van der Waals surface area contributed by atoms with E-state index in [1.807, 2.05) is 37.3 Å². The van der Waals surface area contributed by atoms with Crippen LogP contribution in [0.15, 0.2) is 65.1 Å². The molecule has 0 aliphatic rings. The summed E-state index contributed by atoms with van der Waals surface area (Å²) in [5.41, 5.74) is 3.09. The quantitative estimate of drug-likeness (QED) is 0.358. The fraction of sp³-hybridized carbons (Fsp3) is 0.100.